The van der Waals surface area contributed by atoms with Crippen LogP contribution >= 0.6 is 0 Å². The lowest BCUT2D eigenvalue weighted by Crippen LogP contribution is -2.58. The number of aromatic nitrogens is 1. The first kappa shape index (κ1) is 41.4. The number of carboxylic acid groups (broad SMARTS) is 1. The van der Waals surface area contributed by atoms with Gasteiger partial charge < -0.3 is 48.3 Å². The first-order valence-corrected chi connectivity index (χ1v) is 16.2. The van der Waals surface area contributed by atoms with E-state index in [2.05, 4.69) is 31.2 Å². The zero-order chi connectivity index (χ0) is 38.1. The second-order valence-electron chi connectivity index (χ2n) is 11.9. The van der Waals surface area contributed by atoms with Crippen LogP contribution in [-0.4, -0.2) is 88.9 Å². The lowest BCUT2D eigenvalue weighted by atomic mass is 10.0. The third-order valence-electron chi connectivity index (χ3n) is 7.16. The van der Waals surface area contributed by atoms with Crippen molar-refractivity contribution in [2.24, 2.45) is 28.1 Å². The lowest BCUT2D eigenvalue weighted by molar-refractivity contribution is -0.142. The number of nitrogens with one attached hydrogen (secondary N) is 4. The van der Waals surface area contributed by atoms with Gasteiger partial charge in [0, 0.05) is 19.0 Å². The molecule has 278 valence electrons. The molecule has 0 saturated heterocycles. The van der Waals surface area contributed by atoms with Gasteiger partial charge in [-0.1, -0.05) is 32.0 Å². The molecule has 1 aromatic carbocycles. The maximum atomic E-state index is 13.6. The number of carboxylic acids is 1. The van der Waals surface area contributed by atoms with Crippen molar-refractivity contribution in [3.63, 3.8) is 0 Å². The molecule has 0 unspecified atom stereocenters. The Balaban J connectivity index is 2.27. The van der Waals surface area contributed by atoms with E-state index in [1.165, 1.54) is 18.2 Å². The minimum absolute atomic E-state index is 0.0288. The van der Waals surface area contributed by atoms with Crippen molar-refractivity contribution in [3.05, 3.63) is 59.5 Å². The highest BCUT2D eigenvalue weighted by Crippen LogP contribution is 2.12. The number of nitrogens with two attached hydrogens (primary N) is 3. The van der Waals surface area contributed by atoms with E-state index in [-0.39, 0.29) is 55.7 Å². The van der Waals surface area contributed by atoms with Crippen LogP contribution in [0.25, 0.3) is 0 Å². The Kier molecular flexibility index (Phi) is 16.7. The number of aliphatic imine (C=N–C) groups is 1. The molecule has 18 heteroatoms. The summed E-state index contributed by atoms with van der Waals surface area (Å²) in [6.07, 6.45) is -0.552. The summed E-state index contributed by atoms with van der Waals surface area (Å²) < 4.78 is 18.7. The zero-order valence-electron chi connectivity index (χ0n) is 28.7. The Hall–Kier alpha value is -5.81. The molecule has 2 aromatic rings. The average molecular weight is 716 g/mol. The summed E-state index contributed by atoms with van der Waals surface area (Å²) in [6.45, 7) is 5.75. The summed E-state index contributed by atoms with van der Waals surface area (Å²) in [5.41, 5.74) is 16.5. The van der Waals surface area contributed by atoms with Gasteiger partial charge in [-0.05, 0) is 55.9 Å². The molecule has 0 aliphatic carbocycles. The molecular formula is C33H46FN9O8. The van der Waals surface area contributed by atoms with Crippen LogP contribution in [0.5, 0.6) is 5.88 Å². The van der Waals surface area contributed by atoms with Gasteiger partial charge in [0.2, 0.25) is 29.5 Å². The number of hydrogen-bond donors (Lipinski definition) is 8. The monoisotopic (exact) mass is 715 g/mol. The first-order valence-electron chi connectivity index (χ1n) is 16.2. The van der Waals surface area contributed by atoms with Gasteiger partial charge in [-0.2, -0.15) is 0 Å². The van der Waals surface area contributed by atoms with E-state index in [4.69, 9.17) is 21.9 Å². The largest absolute Gasteiger partial charge is 0.480 e. The number of pyridine rings is 1. The van der Waals surface area contributed by atoms with Crippen molar-refractivity contribution in [2.45, 2.75) is 77.0 Å². The predicted octanol–water partition coefficient (Wildman–Crippen LogP) is -0.525. The van der Waals surface area contributed by atoms with Crippen LogP contribution < -0.4 is 43.2 Å². The third kappa shape index (κ3) is 15.1. The summed E-state index contributed by atoms with van der Waals surface area (Å²) in [7, 11) is 0. The molecule has 0 aliphatic rings. The SMILES string of the molecule is CCOc1cccc(C(=O)N[C@@H](CCCN=C(N)N)C(=O)N[C@@H](CC(C)C)C(=O)N[C@@H](CC(N)=O)C(=O)N[C@@H](Cc2ccc(F)cc2)C(=O)O)n1. The summed E-state index contributed by atoms with van der Waals surface area (Å²) in [5.74, 6) is -6.42. The normalized spacial score (nSPS) is 13.1. The Morgan fingerprint density at radius 2 is 1.47 bits per heavy atom. The molecule has 0 aliphatic heterocycles. The van der Waals surface area contributed by atoms with Gasteiger partial charge in [-0.15, -0.1) is 0 Å². The molecule has 1 aromatic heterocycles. The standard InChI is InChI=1S/C33H46FN9O8/c1-4-51-27-9-5-7-21(39-27)28(45)40-22(8-6-14-38-33(36)37)29(46)41-23(15-18(2)3)30(47)42-24(17-26(35)44)31(48)43-25(32(49)50)16-19-10-12-20(34)13-11-19/h5,7,9-13,18,22-25H,4,6,8,14-17H2,1-3H3,(H2,35,44)(H,40,45)(H,41,46)(H,42,47)(H,43,48)(H,49,50)(H4,36,37,38)/t22-,23-,24-,25-/m0/s1. The molecule has 17 nitrogen and oxygen atoms in total. The number of nitrogens with zero attached hydrogens (tertiary/aromatic N) is 2. The maximum absolute atomic E-state index is 13.6. The number of amides is 5. The van der Waals surface area contributed by atoms with Crippen LogP contribution in [0.15, 0.2) is 47.5 Å². The highest BCUT2D eigenvalue weighted by molar-refractivity contribution is 5.98. The molecule has 0 spiro atoms. The molecule has 51 heavy (non-hydrogen) atoms. The number of carbonyl (C=O) groups excluding carboxylic acids is 5. The zero-order valence-corrected chi connectivity index (χ0v) is 28.7. The van der Waals surface area contributed by atoms with Crippen molar-refractivity contribution in [3.8, 4) is 5.88 Å². The molecule has 2 rings (SSSR count). The van der Waals surface area contributed by atoms with Gasteiger partial charge in [0.1, 0.15) is 35.7 Å². The molecule has 0 bridgehead atoms. The number of carbonyl (C=O) groups is 6. The van der Waals surface area contributed by atoms with Crippen molar-refractivity contribution in [2.75, 3.05) is 13.2 Å². The van der Waals surface area contributed by atoms with Crippen LogP contribution in [-0.2, 0) is 30.4 Å². The van der Waals surface area contributed by atoms with Gasteiger partial charge >= 0.3 is 5.97 Å². The number of guanidine groups is 1. The fraction of sp³-hybridized carbons (Fsp3) is 0.455. The van der Waals surface area contributed by atoms with E-state index >= 15 is 0 Å². The van der Waals surface area contributed by atoms with Gasteiger partial charge in [-0.3, -0.25) is 29.0 Å². The number of ether oxygens (including phenoxy) is 1. The topological polar surface area (TPSA) is 283 Å². The van der Waals surface area contributed by atoms with Crippen LogP contribution in [0.2, 0.25) is 0 Å². The Morgan fingerprint density at radius 3 is 2.06 bits per heavy atom. The lowest BCUT2D eigenvalue weighted by Gasteiger charge is -2.26. The van der Waals surface area contributed by atoms with Gasteiger partial charge in [-0.25, -0.2) is 14.2 Å². The molecule has 1 heterocycles. The number of primary amides is 1. The fourth-order valence-electron chi connectivity index (χ4n) is 4.76. The van der Waals surface area contributed by atoms with Crippen molar-refractivity contribution in [1.29, 1.82) is 0 Å². The highest BCUT2D eigenvalue weighted by atomic mass is 19.1. The van der Waals surface area contributed by atoms with Gasteiger partial charge in [0.05, 0.1) is 13.0 Å². The second-order valence-corrected chi connectivity index (χ2v) is 11.9. The van der Waals surface area contributed by atoms with Gasteiger partial charge in [0.15, 0.2) is 5.96 Å². The summed E-state index contributed by atoms with van der Waals surface area (Å²) in [6, 6.07) is 3.93. The maximum Gasteiger partial charge on any atom is 0.326 e. The van der Waals surface area contributed by atoms with E-state index in [1.807, 2.05) is 0 Å². The molecule has 11 N–H and O–H groups in total. The van der Waals surface area contributed by atoms with Crippen LogP contribution in [0, 0.1) is 11.7 Å². The smallest absolute Gasteiger partial charge is 0.326 e. The third-order valence-corrected chi connectivity index (χ3v) is 7.16. The summed E-state index contributed by atoms with van der Waals surface area (Å²) in [4.78, 5) is 85.5. The van der Waals surface area contributed by atoms with E-state index in [0.29, 0.717) is 12.2 Å². The predicted molar refractivity (Wildman–Crippen MR) is 183 cm³/mol. The number of aliphatic carboxylic acids is 1. The second kappa shape index (κ2) is 20.6. The molecule has 4 atom stereocenters. The number of hydrogen-bond acceptors (Lipinski definition) is 9. The van der Waals surface area contributed by atoms with Crippen LogP contribution in [0.4, 0.5) is 4.39 Å². The van der Waals surface area contributed by atoms with Crippen molar-refractivity contribution in [1.82, 2.24) is 26.3 Å². The minimum Gasteiger partial charge on any atom is -0.480 e. The molecule has 0 fully saturated rings. The highest BCUT2D eigenvalue weighted by Gasteiger charge is 2.32. The van der Waals surface area contributed by atoms with Crippen LogP contribution in [0.3, 0.4) is 0 Å². The first-order chi connectivity index (χ1) is 24.1. The number of rotatable bonds is 21. The van der Waals surface area contributed by atoms with E-state index in [9.17, 15) is 38.3 Å². The van der Waals surface area contributed by atoms with E-state index < -0.39 is 71.9 Å². The van der Waals surface area contributed by atoms with Crippen molar-refractivity contribution >= 4 is 41.5 Å². The molecule has 5 amide bonds. The Bertz CT molecular complexity index is 1550. The summed E-state index contributed by atoms with van der Waals surface area (Å²) >= 11 is 0. The molecule has 0 radical (unpaired) electrons. The Morgan fingerprint density at radius 1 is 0.863 bits per heavy atom. The minimum atomic E-state index is -1.62. The van der Waals surface area contributed by atoms with Gasteiger partial charge in [0.25, 0.3) is 5.91 Å². The van der Waals surface area contributed by atoms with Crippen LogP contribution in [0.1, 0.15) is 62.5 Å². The molecular weight excluding hydrogens is 669 g/mol. The van der Waals surface area contributed by atoms with E-state index in [1.54, 1.807) is 32.9 Å². The quantitative estimate of drug-likeness (QED) is 0.0462. The number of benzene rings is 1. The number of halogens is 1. The van der Waals surface area contributed by atoms with E-state index in [0.717, 1.165) is 12.1 Å². The summed E-state index contributed by atoms with van der Waals surface area (Å²) in [5, 5.41) is 19.6. The average Bonchev–Trinajstić information content (AvgIpc) is 3.05. The van der Waals surface area contributed by atoms with Crippen molar-refractivity contribution < 1.29 is 43.0 Å². The fourth-order valence-corrected chi connectivity index (χ4v) is 4.76. The molecule has 0 saturated carbocycles. The Labute approximate surface area is 294 Å².